The van der Waals surface area contributed by atoms with Gasteiger partial charge in [0.1, 0.15) is 5.82 Å². The first kappa shape index (κ1) is 13.5. The first-order valence-corrected chi connectivity index (χ1v) is 7.16. The second kappa shape index (κ2) is 5.46. The average Bonchev–Trinajstić information content (AvgIpc) is 2.46. The molecule has 1 aliphatic rings. The fourth-order valence-corrected chi connectivity index (χ4v) is 2.76. The molecule has 0 atom stereocenters. The molecule has 1 aromatic carbocycles. The van der Waals surface area contributed by atoms with E-state index in [0.29, 0.717) is 18.5 Å². The maximum Gasteiger partial charge on any atom is 0.257 e. The van der Waals surface area contributed by atoms with Crippen molar-refractivity contribution in [1.82, 2.24) is 14.9 Å². The van der Waals surface area contributed by atoms with Crippen LogP contribution in [0.3, 0.4) is 0 Å². The summed E-state index contributed by atoms with van der Waals surface area (Å²) in [6, 6.07) is 4.71. The summed E-state index contributed by atoms with van der Waals surface area (Å²) in [4.78, 5) is 16.7. The minimum atomic E-state index is -0.320. The van der Waals surface area contributed by atoms with Gasteiger partial charge in [-0.05, 0) is 31.2 Å². The molecule has 0 aliphatic carbocycles. The summed E-state index contributed by atoms with van der Waals surface area (Å²) in [6.07, 6.45) is 2.16. The van der Waals surface area contributed by atoms with Gasteiger partial charge in [-0.1, -0.05) is 15.9 Å². The molecule has 0 fully saturated rings. The van der Waals surface area contributed by atoms with Gasteiger partial charge in [-0.15, -0.1) is 0 Å². The minimum Gasteiger partial charge on any atom is -0.311 e. The van der Waals surface area contributed by atoms with Gasteiger partial charge in [-0.2, -0.15) is 0 Å². The lowest BCUT2D eigenvalue weighted by Gasteiger charge is -2.17. The summed E-state index contributed by atoms with van der Waals surface area (Å²) in [5.41, 5.74) is 1.93. The lowest BCUT2D eigenvalue weighted by molar-refractivity contribution is 0.575. The second-order valence-electron chi connectivity index (χ2n) is 4.77. The number of fused-ring (bicyclic) bond motifs is 1. The largest absolute Gasteiger partial charge is 0.311 e. The van der Waals surface area contributed by atoms with Crippen molar-refractivity contribution >= 4 is 15.9 Å². The molecular formula is C14H13BrFN3O. The first-order chi connectivity index (χ1) is 9.65. The molecule has 0 spiro atoms. The maximum absolute atomic E-state index is 13.8. The molecule has 6 heteroatoms. The molecular weight excluding hydrogens is 325 g/mol. The zero-order chi connectivity index (χ0) is 14.1. The number of nitrogens with zero attached hydrogens (tertiary/aromatic N) is 2. The zero-order valence-electron chi connectivity index (χ0n) is 10.7. The summed E-state index contributed by atoms with van der Waals surface area (Å²) >= 11 is 3.31. The minimum absolute atomic E-state index is 0.0733. The third-order valence-electron chi connectivity index (χ3n) is 3.41. The molecule has 0 radical (unpaired) electrons. The molecule has 2 heterocycles. The smallest absolute Gasteiger partial charge is 0.257 e. The van der Waals surface area contributed by atoms with Crippen LogP contribution in [0.5, 0.6) is 0 Å². The Morgan fingerprint density at radius 3 is 3.15 bits per heavy atom. The molecule has 104 valence electrons. The lowest BCUT2D eigenvalue weighted by atomic mass is 10.1. The Bertz CT molecular complexity index is 714. The lowest BCUT2D eigenvalue weighted by Crippen LogP contribution is -2.34. The van der Waals surface area contributed by atoms with E-state index in [9.17, 15) is 9.18 Å². The molecule has 0 unspecified atom stereocenters. The van der Waals surface area contributed by atoms with Crippen molar-refractivity contribution in [2.24, 2.45) is 0 Å². The summed E-state index contributed by atoms with van der Waals surface area (Å²) in [5.74, 6) is -0.320. The number of aromatic nitrogens is 2. The van der Waals surface area contributed by atoms with Gasteiger partial charge in [0.25, 0.3) is 5.56 Å². The van der Waals surface area contributed by atoms with E-state index < -0.39 is 0 Å². The van der Waals surface area contributed by atoms with Gasteiger partial charge in [-0.25, -0.2) is 9.37 Å². The summed E-state index contributed by atoms with van der Waals surface area (Å²) in [7, 11) is 0. The molecule has 20 heavy (non-hydrogen) atoms. The van der Waals surface area contributed by atoms with Gasteiger partial charge in [0.15, 0.2) is 0 Å². The molecule has 2 aromatic rings. The van der Waals surface area contributed by atoms with Crippen molar-refractivity contribution in [3.63, 3.8) is 0 Å². The van der Waals surface area contributed by atoms with Crippen LogP contribution in [0, 0.1) is 5.82 Å². The topological polar surface area (TPSA) is 46.9 Å². The van der Waals surface area contributed by atoms with Gasteiger partial charge >= 0.3 is 0 Å². The highest BCUT2D eigenvalue weighted by Crippen LogP contribution is 2.16. The van der Waals surface area contributed by atoms with Crippen molar-refractivity contribution in [2.75, 3.05) is 6.54 Å². The van der Waals surface area contributed by atoms with E-state index in [4.69, 9.17) is 0 Å². The van der Waals surface area contributed by atoms with E-state index in [1.54, 1.807) is 12.1 Å². The van der Waals surface area contributed by atoms with Gasteiger partial charge in [0.05, 0.1) is 18.6 Å². The number of nitrogens with one attached hydrogen (secondary N) is 1. The van der Waals surface area contributed by atoms with Crippen LogP contribution < -0.4 is 10.9 Å². The fraction of sp³-hybridized carbons (Fsp3) is 0.286. The highest BCUT2D eigenvalue weighted by Gasteiger charge is 2.15. The molecule has 0 bridgehead atoms. The van der Waals surface area contributed by atoms with Crippen molar-refractivity contribution in [3.05, 3.63) is 62.0 Å². The van der Waals surface area contributed by atoms with Crippen LogP contribution in [0.2, 0.25) is 0 Å². The highest BCUT2D eigenvalue weighted by atomic mass is 79.9. The van der Waals surface area contributed by atoms with Crippen molar-refractivity contribution in [2.45, 2.75) is 19.5 Å². The fourth-order valence-electron chi connectivity index (χ4n) is 2.35. The van der Waals surface area contributed by atoms with Crippen LogP contribution in [-0.4, -0.2) is 16.1 Å². The Hall–Kier alpha value is -1.53. The van der Waals surface area contributed by atoms with Crippen LogP contribution in [0.4, 0.5) is 4.39 Å². The highest BCUT2D eigenvalue weighted by molar-refractivity contribution is 9.10. The molecule has 4 nitrogen and oxygen atoms in total. The Balaban J connectivity index is 1.99. The quantitative estimate of drug-likeness (QED) is 0.909. The van der Waals surface area contributed by atoms with Gasteiger partial charge in [0, 0.05) is 22.1 Å². The summed E-state index contributed by atoms with van der Waals surface area (Å²) < 4.78 is 16.0. The van der Waals surface area contributed by atoms with Gasteiger partial charge in [-0.3, -0.25) is 9.36 Å². The third kappa shape index (κ3) is 2.53. The number of halogens is 2. The number of hydrogen-bond donors (Lipinski definition) is 1. The predicted octanol–water partition coefficient (Wildman–Crippen LogP) is 1.84. The Morgan fingerprint density at radius 2 is 2.30 bits per heavy atom. The molecule has 1 N–H and O–H groups in total. The third-order valence-corrected chi connectivity index (χ3v) is 3.91. The van der Waals surface area contributed by atoms with E-state index in [-0.39, 0.29) is 17.9 Å². The summed E-state index contributed by atoms with van der Waals surface area (Å²) in [5, 5.41) is 3.18. The molecule has 3 rings (SSSR count). The maximum atomic E-state index is 13.8. The van der Waals surface area contributed by atoms with Gasteiger partial charge < -0.3 is 5.32 Å². The Labute approximate surface area is 123 Å². The SMILES string of the molecule is O=c1c2c(ncn1Cc1cc(Br)ccc1F)CNCC2. The van der Waals surface area contributed by atoms with E-state index >= 15 is 0 Å². The number of hydrogen-bond acceptors (Lipinski definition) is 3. The van der Waals surface area contributed by atoms with Crippen molar-refractivity contribution in [1.29, 1.82) is 0 Å². The monoisotopic (exact) mass is 337 g/mol. The van der Waals surface area contributed by atoms with Crippen LogP contribution in [0.1, 0.15) is 16.8 Å². The molecule has 0 saturated heterocycles. The second-order valence-corrected chi connectivity index (χ2v) is 5.68. The van der Waals surface area contributed by atoms with Crippen molar-refractivity contribution < 1.29 is 4.39 Å². The van der Waals surface area contributed by atoms with Crippen LogP contribution in [0.25, 0.3) is 0 Å². The first-order valence-electron chi connectivity index (χ1n) is 6.37. The van der Waals surface area contributed by atoms with E-state index in [0.717, 1.165) is 22.3 Å². The molecule has 0 amide bonds. The number of benzene rings is 1. The van der Waals surface area contributed by atoms with E-state index in [1.165, 1.54) is 17.0 Å². The predicted molar refractivity (Wildman–Crippen MR) is 77.1 cm³/mol. The van der Waals surface area contributed by atoms with Crippen LogP contribution in [0.15, 0.2) is 33.8 Å². The molecule has 1 aliphatic heterocycles. The molecule has 1 aromatic heterocycles. The average molecular weight is 338 g/mol. The normalized spacial score (nSPS) is 14.1. The number of rotatable bonds is 2. The standard InChI is InChI=1S/C14H13BrFN3O/c15-10-1-2-12(16)9(5-10)7-19-8-18-13-6-17-4-3-11(13)14(19)20/h1-2,5,8,17H,3-4,6-7H2. The van der Waals surface area contributed by atoms with Crippen molar-refractivity contribution in [3.8, 4) is 0 Å². The Kier molecular flexibility index (Phi) is 3.67. The Morgan fingerprint density at radius 1 is 1.45 bits per heavy atom. The zero-order valence-corrected chi connectivity index (χ0v) is 12.3. The molecule has 0 saturated carbocycles. The van der Waals surface area contributed by atoms with Crippen LogP contribution >= 0.6 is 15.9 Å². The van der Waals surface area contributed by atoms with Gasteiger partial charge in [0.2, 0.25) is 0 Å². The van der Waals surface area contributed by atoms with Crippen LogP contribution in [-0.2, 0) is 19.5 Å². The summed E-state index contributed by atoms with van der Waals surface area (Å²) in [6.45, 7) is 1.59. The van der Waals surface area contributed by atoms with E-state index in [1.807, 2.05) is 0 Å². The van der Waals surface area contributed by atoms with E-state index in [2.05, 4.69) is 26.2 Å².